The molecule has 2 heteroatoms. The zero-order valence-electron chi connectivity index (χ0n) is 12.8. The molecule has 2 nitrogen and oxygen atoms in total. The molecule has 112 valence electrons. The van der Waals surface area contributed by atoms with E-state index in [4.69, 9.17) is 0 Å². The number of fused-ring (bicyclic) bond motifs is 1. The molecule has 0 aromatic heterocycles. The van der Waals surface area contributed by atoms with Gasteiger partial charge in [0.1, 0.15) is 0 Å². The van der Waals surface area contributed by atoms with Crippen LogP contribution in [0.1, 0.15) is 25.3 Å². The minimum absolute atomic E-state index is 0.159. The molecule has 21 heavy (non-hydrogen) atoms. The van der Waals surface area contributed by atoms with Crippen LogP contribution < -0.4 is 0 Å². The van der Waals surface area contributed by atoms with Gasteiger partial charge in [-0.25, -0.2) is 0 Å². The molecule has 2 atom stereocenters. The number of aliphatic hydroxyl groups excluding tert-OH is 1. The number of aryl methyl sites for hydroxylation is 1. The Bertz CT molecular complexity index is 588. The number of likely N-dealkylation sites (tertiary alicyclic amines) is 1. The van der Waals surface area contributed by atoms with Gasteiger partial charge in [0, 0.05) is 6.54 Å². The molecule has 2 aromatic carbocycles. The molecular formula is C19H25NO. The van der Waals surface area contributed by atoms with Crippen molar-refractivity contribution in [3.8, 4) is 0 Å². The van der Waals surface area contributed by atoms with Crippen molar-refractivity contribution in [2.45, 2.75) is 32.3 Å². The maximum atomic E-state index is 9.67. The number of hydrogen-bond donors (Lipinski definition) is 1. The summed E-state index contributed by atoms with van der Waals surface area (Å²) in [5, 5.41) is 12.4. The van der Waals surface area contributed by atoms with Gasteiger partial charge < -0.3 is 10.0 Å². The summed E-state index contributed by atoms with van der Waals surface area (Å²) in [5.41, 5.74) is 1.46. The van der Waals surface area contributed by atoms with Crippen LogP contribution in [0.15, 0.2) is 42.5 Å². The first kappa shape index (κ1) is 14.6. The highest BCUT2D eigenvalue weighted by Gasteiger charge is 2.25. The van der Waals surface area contributed by atoms with E-state index in [1.54, 1.807) is 0 Å². The monoisotopic (exact) mass is 283 g/mol. The van der Waals surface area contributed by atoms with Crippen LogP contribution in [0.3, 0.4) is 0 Å². The molecule has 1 saturated heterocycles. The first-order valence-electron chi connectivity index (χ1n) is 8.11. The van der Waals surface area contributed by atoms with Crippen LogP contribution in [0.5, 0.6) is 0 Å². The van der Waals surface area contributed by atoms with Gasteiger partial charge in [-0.1, -0.05) is 42.5 Å². The first-order chi connectivity index (χ1) is 10.2. The maximum absolute atomic E-state index is 9.67. The maximum Gasteiger partial charge on any atom is 0.0552 e. The van der Waals surface area contributed by atoms with Crippen molar-refractivity contribution in [1.29, 1.82) is 0 Å². The van der Waals surface area contributed by atoms with Gasteiger partial charge in [0.05, 0.1) is 6.10 Å². The number of aliphatic hydroxyl groups is 1. The van der Waals surface area contributed by atoms with Crippen molar-refractivity contribution < 1.29 is 5.11 Å². The zero-order valence-corrected chi connectivity index (χ0v) is 12.8. The van der Waals surface area contributed by atoms with Crippen LogP contribution in [0.25, 0.3) is 10.8 Å². The lowest BCUT2D eigenvalue weighted by Crippen LogP contribution is -2.25. The third-order valence-corrected chi connectivity index (χ3v) is 4.79. The van der Waals surface area contributed by atoms with Gasteiger partial charge in [-0.05, 0) is 61.5 Å². The second kappa shape index (κ2) is 6.59. The van der Waals surface area contributed by atoms with Gasteiger partial charge in [-0.15, -0.1) is 0 Å². The molecule has 0 aliphatic carbocycles. The molecule has 2 unspecified atom stereocenters. The average molecular weight is 283 g/mol. The Morgan fingerprint density at radius 2 is 2.00 bits per heavy atom. The molecule has 0 bridgehead atoms. The van der Waals surface area contributed by atoms with Crippen LogP contribution in [-0.4, -0.2) is 35.7 Å². The van der Waals surface area contributed by atoms with E-state index in [2.05, 4.69) is 47.4 Å². The van der Waals surface area contributed by atoms with E-state index in [9.17, 15) is 5.11 Å². The summed E-state index contributed by atoms with van der Waals surface area (Å²) < 4.78 is 0. The molecule has 2 aromatic rings. The molecule has 3 rings (SSSR count). The molecule has 1 N–H and O–H groups in total. The molecular weight excluding hydrogens is 258 g/mol. The van der Waals surface area contributed by atoms with Crippen LogP contribution in [0.4, 0.5) is 0 Å². The fourth-order valence-electron chi connectivity index (χ4n) is 3.46. The number of nitrogens with zero attached hydrogens (tertiary/aromatic N) is 1. The Morgan fingerprint density at radius 1 is 1.19 bits per heavy atom. The quantitative estimate of drug-likeness (QED) is 0.908. The van der Waals surface area contributed by atoms with Crippen LogP contribution in [-0.2, 0) is 6.42 Å². The highest BCUT2D eigenvalue weighted by molar-refractivity contribution is 5.85. The fraction of sp³-hybridized carbons (Fsp3) is 0.474. The van der Waals surface area contributed by atoms with Gasteiger partial charge in [0.15, 0.2) is 0 Å². The smallest absolute Gasteiger partial charge is 0.0552 e. The predicted octanol–water partition coefficient (Wildman–Crippen LogP) is 3.48. The molecule has 1 fully saturated rings. The Balaban J connectivity index is 1.56. The third kappa shape index (κ3) is 3.45. The minimum Gasteiger partial charge on any atom is -0.393 e. The molecule has 0 saturated carbocycles. The highest BCUT2D eigenvalue weighted by atomic mass is 16.3. The number of hydrogen-bond acceptors (Lipinski definition) is 2. The van der Waals surface area contributed by atoms with Crippen molar-refractivity contribution in [2.24, 2.45) is 5.92 Å². The van der Waals surface area contributed by atoms with Crippen molar-refractivity contribution in [3.05, 3.63) is 48.0 Å². The van der Waals surface area contributed by atoms with Gasteiger partial charge in [-0.2, -0.15) is 0 Å². The van der Waals surface area contributed by atoms with Crippen molar-refractivity contribution >= 4 is 10.8 Å². The van der Waals surface area contributed by atoms with Gasteiger partial charge in [0.25, 0.3) is 0 Å². The van der Waals surface area contributed by atoms with Crippen LogP contribution in [0, 0.1) is 5.92 Å². The van der Waals surface area contributed by atoms with E-state index in [1.165, 1.54) is 22.8 Å². The normalized spacial score (nSPS) is 21.0. The molecule has 1 aliphatic rings. The van der Waals surface area contributed by atoms with Crippen LogP contribution in [0.2, 0.25) is 0 Å². The Labute approximate surface area is 127 Å². The summed E-state index contributed by atoms with van der Waals surface area (Å²) in [7, 11) is 0. The molecule has 0 radical (unpaired) electrons. The summed E-state index contributed by atoms with van der Waals surface area (Å²) in [5.74, 6) is 0.475. The summed E-state index contributed by atoms with van der Waals surface area (Å²) >= 11 is 0. The number of benzene rings is 2. The topological polar surface area (TPSA) is 23.5 Å². The third-order valence-electron chi connectivity index (χ3n) is 4.79. The lowest BCUT2D eigenvalue weighted by Gasteiger charge is -2.17. The molecule has 0 amide bonds. The van der Waals surface area contributed by atoms with E-state index < -0.39 is 0 Å². The van der Waals surface area contributed by atoms with Gasteiger partial charge in [0.2, 0.25) is 0 Å². The molecule has 1 heterocycles. The highest BCUT2D eigenvalue weighted by Crippen LogP contribution is 2.22. The lowest BCUT2D eigenvalue weighted by atomic mass is 10.0. The Kier molecular flexibility index (Phi) is 4.57. The largest absolute Gasteiger partial charge is 0.393 e. The van der Waals surface area contributed by atoms with E-state index in [0.29, 0.717) is 5.92 Å². The zero-order chi connectivity index (χ0) is 14.7. The SMILES string of the molecule is CC(O)C1CCN(CCCc2cccc3ccccc23)C1. The summed E-state index contributed by atoms with van der Waals surface area (Å²) in [6.07, 6.45) is 3.32. The minimum atomic E-state index is -0.159. The van der Waals surface area contributed by atoms with Crippen LogP contribution >= 0.6 is 0 Å². The number of rotatable bonds is 5. The van der Waals surface area contributed by atoms with E-state index in [1.807, 2.05) is 6.92 Å². The Hall–Kier alpha value is -1.38. The van der Waals surface area contributed by atoms with Gasteiger partial charge in [-0.3, -0.25) is 0 Å². The predicted molar refractivity (Wildman–Crippen MR) is 88.5 cm³/mol. The second-order valence-electron chi connectivity index (χ2n) is 6.33. The van der Waals surface area contributed by atoms with Crippen molar-refractivity contribution in [1.82, 2.24) is 4.90 Å². The standard InChI is InChI=1S/C19H25NO/c1-15(21)18-11-13-20(14-18)12-5-9-17-8-4-7-16-6-2-3-10-19(16)17/h2-4,6-8,10,15,18,21H,5,9,11-14H2,1H3. The average Bonchev–Trinajstić information content (AvgIpc) is 2.97. The summed E-state index contributed by atoms with van der Waals surface area (Å²) in [4.78, 5) is 2.50. The van der Waals surface area contributed by atoms with Crippen molar-refractivity contribution in [2.75, 3.05) is 19.6 Å². The summed E-state index contributed by atoms with van der Waals surface area (Å²) in [6.45, 7) is 5.27. The second-order valence-corrected chi connectivity index (χ2v) is 6.33. The van der Waals surface area contributed by atoms with E-state index in [-0.39, 0.29) is 6.10 Å². The Morgan fingerprint density at radius 3 is 2.81 bits per heavy atom. The van der Waals surface area contributed by atoms with Gasteiger partial charge >= 0.3 is 0 Å². The van der Waals surface area contributed by atoms with E-state index >= 15 is 0 Å². The van der Waals surface area contributed by atoms with E-state index in [0.717, 1.165) is 32.5 Å². The fourth-order valence-corrected chi connectivity index (χ4v) is 3.46. The molecule has 0 spiro atoms. The summed E-state index contributed by atoms with van der Waals surface area (Å²) in [6, 6.07) is 15.2. The first-order valence-corrected chi connectivity index (χ1v) is 8.11. The molecule has 1 aliphatic heterocycles. The lowest BCUT2D eigenvalue weighted by molar-refractivity contribution is 0.127. The van der Waals surface area contributed by atoms with Crippen molar-refractivity contribution in [3.63, 3.8) is 0 Å².